The van der Waals surface area contributed by atoms with Crippen LogP contribution in [0.2, 0.25) is 0 Å². The fraction of sp³-hybridized carbons (Fsp3) is 0.600. The summed E-state index contributed by atoms with van der Waals surface area (Å²) in [7, 11) is 0. The molecule has 1 aromatic rings. The molecule has 1 aliphatic heterocycles. The van der Waals surface area contributed by atoms with E-state index in [2.05, 4.69) is 32.7 Å². The maximum atomic E-state index is 12.4. The first-order chi connectivity index (χ1) is 10.8. The van der Waals surface area contributed by atoms with Crippen molar-refractivity contribution in [3.8, 4) is 0 Å². The molecule has 0 saturated carbocycles. The minimum Gasteiger partial charge on any atom is -0.455 e. The molecule has 4 heteroatoms. The smallest absolute Gasteiger partial charge is 0.355 e. The summed E-state index contributed by atoms with van der Waals surface area (Å²) in [5.74, 6) is -0.307. The Labute approximate surface area is 145 Å². The lowest BCUT2D eigenvalue weighted by Crippen LogP contribution is -2.24. The molecule has 1 aliphatic rings. The highest BCUT2D eigenvalue weighted by atomic mass is 16.6. The van der Waals surface area contributed by atoms with Crippen LogP contribution in [0.3, 0.4) is 0 Å². The molecule has 0 aromatic carbocycles. The van der Waals surface area contributed by atoms with Gasteiger partial charge in [0.15, 0.2) is 0 Å². The van der Waals surface area contributed by atoms with E-state index in [0.717, 1.165) is 40.2 Å². The van der Waals surface area contributed by atoms with Crippen molar-refractivity contribution in [2.45, 2.75) is 74.3 Å². The third-order valence-corrected chi connectivity index (χ3v) is 4.86. The topological polar surface area (TPSA) is 54.5 Å². The first-order valence-corrected chi connectivity index (χ1v) is 8.52. The first kappa shape index (κ1) is 18.5. The average molecular weight is 330 g/mol. The van der Waals surface area contributed by atoms with E-state index in [-0.39, 0.29) is 11.4 Å². The third-order valence-electron chi connectivity index (χ3n) is 4.86. The number of carbonyl (C=O) groups excluding carboxylic acids is 1. The van der Waals surface area contributed by atoms with Crippen LogP contribution in [-0.4, -0.2) is 22.3 Å². The van der Waals surface area contributed by atoms with Crippen molar-refractivity contribution in [3.05, 3.63) is 28.2 Å². The van der Waals surface area contributed by atoms with Crippen molar-refractivity contribution >= 4 is 17.3 Å². The maximum Gasteiger partial charge on any atom is 0.355 e. The molecule has 0 aliphatic carbocycles. The number of carbonyl (C=O) groups is 1. The molecule has 0 atom stereocenters. The summed E-state index contributed by atoms with van der Waals surface area (Å²) >= 11 is 0. The summed E-state index contributed by atoms with van der Waals surface area (Å²) in [5, 5.41) is 0. The van der Waals surface area contributed by atoms with Crippen molar-refractivity contribution < 1.29 is 9.53 Å². The Morgan fingerprint density at radius 2 is 1.67 bits per heavy atom. The van der Waals surface area contributed by atoms with Gasteiger partial charge in [0.2, 0.25) is 0 Å². The third kappa shape index (κ3) is 3.47. The van der Waals surface area contributed by atoms with Crippen LogP contribution in [0.15, 0.2) is 10.7 Å². The van der Waals surface area contributed by atoms with Crippen molar-refractivity contribution in [1.29, 1.82) is 0 Å². The largest absolute Gasteiger partial charge is 0.455 e. The van der Waals surface area contributed by atoms with Gasteiger partial charge in [0, 0.05) is 28.9 Å². The van der Waals surface area contributed by atoms with E-state index >= 15 is 0 Å². The Hall–Kier alpha value is -1.84. The monoisotopic (exact) mass is 330 g/mol. The molecule has 24 heavy (non-hydrogen) atoms. The predicted molar refractivity (Wildman–Crippen MR) is 99.5 cm³/mol. The van der Waals surface area contributed by atoms with Crippen LogP contribution in [0.25, 0.3) is 5.57 Å². The highest BCUT2D eigenvalue weighted by Gasteiger charge is 2.31. The van der Waals surface area contributed by atoms with Gasteiger partial charge in [-0.15, -0.1) is 0 Å². The van der Waals surface area contributed by atoms with Gasteiger partial charge < -0.3 is 9.72 Å². The second-order valence-corrected chi connectivity index (χ2v) is 8.46. The number of rotatable bonds is 2. The number of hydrogen-bond donors (Lipinski definition) is 1. The van der Waals surface area contributed by atoms with Crippen LogP contribution in [0.5, 0.6) is 0 Å². The van der Waals surface area contributed by atoms with E-state index < -0.39 is 5.60 Å². The Bertz CT molecular complexity index is 740. The van der Waals surface area contributed by atoms with E-state index in [1.807, 2.05) is 34.6 Å². The zero-order valence-corrected chi connectivity index (χ0v) is 16.5. The standard InChI is InChI=1S/C20H30N2O2/c1-11-12(2)17(18(23)24-19(5,6)7)22-16(11)13(3)15-10-20(8,9)14(4)21-15/h22H,10H2,1-9H3/b15-13-. The summed E-state index contributed by atoms with van der Waals surface area (Å²) in [4.78, 5) is 20.5. The predicted octanol–water partition coefficient (Wildman–Crippen LogP) is 5.21. The summed E-state index contributed by atoms with van der Waals surface area (Å²) < 4.78 is 5.51. The van der Waals surface area contributed by atoms with Crippen LogP contribution < -0.4 is 0 Å². The van der Waals surface area contributed by atoms with Crippen LogP contribution >= 0.6 is 0 Å². The second-order valence-electron chi connectivity index (χ2n) is 8.46. The van der Waals surface area contributed by atoms with E-state index in [1.165, 1.54) is 0 Å². The van der Waals surface area contributed by atoms with E-state index in [4.69, 9.17) is 9.73 Å². The number of esters is 1. The Morgan fingerprint density at radius 3 is 2.12 bits per heavy atom. The van der Waals surface area contributed by atoms with Gasteiger partial charge in [-0.25, -0.2) is 4.79 Å². The summed E-state index contributed by atoms with van der Waals surface area (Å²) in [5.41, 5.74) is 6.49. The normalized spacial score (nSPS) is 19.3. The maximum absolute atomic E-state index is 12.4. The molecule has 0 bridgehead atoms. The van der Waals surface area contributed by atoms with Gasteiger partial charge in [-0.2, -0.15) is 0 Å². The van der Waals surface area contributed by atoms with Crippen molar-refractivity contribution in [2.24, 2.45) is 10.4 Å². The summed E-state index contributed by atoms with van der Waals surface area (Å²) in [6.07, 6.45) is 0.921. The SMILES string of the molecule is CC1=N/C(=C(/C)c2[nH]c(C(=O)OC(C)(C)C)c(C)c2C)CC1(C)C. The molecule has 0 saturated heterocycles. The molecule has 2 rings (SSSR count). The number of allylic oxidation sites excluding steroid dienone is 2. The number of aromatic nitrogens is 1. The average Bonchev–Trinajstić information content (AvgIpc) is 2.86. The lowest BCUT2D eigenvalue weighted by Gasteiger charge is -2.19. The first-order valence-electron chi connectivity index (χ1n) is 8.52. The van der Waals surface area contributed by atoms with Gasteiger partial charge in [-0.3, -0.25) is 4.99 Å². The molecule has 0 spiro atoms. The minimum absolute atomic E-state index is 0.0974. The van der Waals surface area contributed by atoms with Crippen LogP contribution in [0, 0.1) is 19.3 Å². The number of ether oxygens (including phenoxy) is 1. The van der Waals surface area contributed by atoms with Crippen LogP contribution in [0.4, 0.5) is 0 Å². The van der Waals surface area contributed by atoms with Gasteiger partial charge in [-0.05, 0) is 65.2 Å². The molecule has 0 radical (unpaired) electrons. The number of nitrogens with one attached hydrogen (secondary N) is 1. The Balaban J connectivity index is 2.44. The molecular weight excluding hydrogens is 300 g/mol. The molecule has 1 aromatic heterocycles. The van der Waals surface area contributed by atoms with Crippen LogP contribution in [0.1, 0.15) is 82.2 Å². The molecule has 0 amide bonds. The van der Waals surface area contributed by atoms with E-state index in [1.54, 1.807) is 0 Å². The minimum atomic E-state index is -0.507. The molecule has 132 valence electrons. The lowest BCUT2D eigenvalue weighted by molar-refractivity contribution is 0.00627. The molecule has 0 fully saturated rings. The number of nitrogens with zero attached hydrogens (tertiary/aromatic N) is 1. The van der Waals surface area contributed by atoms with Crippen molar-refractivity contribution in [1.82, 2.24) is 4.98 Å². The van der Waals surface area contributed by atoms with E-state index in [9.17, 15) is 4.79 Å². The fourth-order valence-electron chi connectivity index (χ4n) is 2.90. The quantitative estimate of drug-likeness (QED) is 0.757. The van der Waals surface area contributed by atoms with Gasteiger partial charge >= 0.3 is 5.97 Å². The zero-order chi connectivity index (χ0) is 18.4. The zero-order valence-electron chi connectivity index (χ0n) is 16.5. The van der Waals surface area contributed by atoms with Gasteiger partial charge in [0.1, 0.15) is 11.3 Å². The van der Waals surface area contributed by atoms with E-state index in [0.29, 0.717) is 5.69 Å². The Morgan fingerprint density at radius 1 is 1.12 bits per heavy atom. The molecule has 1 N–H and O–H groups in total. The van der Waals surface area contributed by atoms with Gasteiger partial charge in [-0.1, -0.05) is 13.8 Å². The van der Waals surface area contributed by atoms with Gasteiger partial charge in [0.05, 0.1) is 0 Å². The number of aliphatic imine (C=N–C) groups is 1. The summed E-state index contributed by atoms with van der Waals surface area (Å²) in [6, 6.07) is 0. The van der Waals surface area contributed by atoms with Crippen molar-refractivity contribution in [3.63, 3.8) is 0 Å². The number of hydrogen-bond acceptors (Lipinski definition) is 3. The molecule has 2 heterocycles. The molecule has 0 unspecified atom stereocenters. The Kier molecular flexibility index (Phi) is 4.55. The highest BCUT2D eigenvalue weighted by molar-refractivity contribution is 5.94. The second kappa shape index (κ2) is 5.91. The molecule has 4 nitrogen and oxygen atoms in total. The highest BCUT2D eigenvalue weighted by Crippen LogP contribution is 2.39. The fourth-order valence-corrected chi connectivity index (χ4v) is 2.90. The summed E-state index contributed by atoms with van der Waals surface area (Å²) in [6.45, 7) is 18.2. The lowest BCUT2D eigenvalue weighted by atomic mass is 9.85. The van der Waals surface area contributed by atoms with Crippen molar-refractivity contribution in [2.75, 3.05) is 0 Å². The van der Waals surface area contributed by atoms with Gasteiger partial charge in [0.25, 0.3) is 0 Å². The number of aromatic amines is 1. The number of H-pyrrole nitrogens is 1. The van der Waals surface area contributed by atoms with Crippen LogP contribution in [-0.2, 0) is 4.74 Å². The molecular formula is C20H30N2O2.